The number of carbonyl (C=O) groups excluding carboxylic acids is 1. The highest BCUT2D eigenvalue weighted by Crippen LogP contribution is 2.23. The van der Waals surface area contributed by atoms with Gasteiger partial charge in [0.2, 0.25) is 5.91 Å². The van der Waals surface area contributed by atoms with Gasteiger partial charge in [0, 0.05) is 19.4 Å². The summed E-state index contributed by atoms with van der Waals surface area (Å²) in [5.74, 6) is 0.0111. The molecule has 5 nitrogen and oxygen atoms in total. The fraction of sp³-hybridized carbons (Fsp3) is 0.438. The van der Waals surface area contributed by atoms with E-state index in [-0.39, 0.29) is 17.9 Å². The third-order valence-electron chi connectivity index (χ3n) is 3.70. The summed E-state index contributed by atoms with van der Waals surface area (Å²) in [5.41, 5.74) is 6.28. The maximum absolute atomic E-state index is 11.3. The van der Waals surface area contributed by atoms with E-state index in [1.807, 2.05) is 39.0 Å². The molecule has 0 aromatic carbocycles. The zero-order valence-corrected chi connectivity index (χ0v) is 14.0. The molecule has 1 aliphatic carbocycles. The first-order chi connectivity index (χ1) is 10.5. The van der Waals surface area contributed by atoms with Crippen LogP contribution in [0.25, 0.3) is 0 Å². The highest BCUT2D eigenvalue weighted by Gasteiger charge is 2.24. The summed E-state index contributed by atoms with van der Waals surface area (Å²) in [6, 6.07) is 0. The van der Waals surface area contributed by atoms with E-state index in [1.165, 1.54) is 0 Å². The monoisotopic (exact) mass is 320 g/mol. The van der Waals surface area contributed by atoms with E-state index in [2.05, 4.69) is 10.5 Å². The van der Waals surface area contributed by atoms with Gasteiger partial charge < -0.3 is 4.74 Å². The minimum absolute atomic E-state index is 0.0622. The number of hydrazone groups is 1. The third kappa shape index (κ3) is 3.51. The summed E-state index contributed by atoms with van der Waals surface area (Å²) in [5, 5.41) is 4.16. The highest BCUT2D eigenvalue weighted by molar-refractivity contribution is 7.67. The van der Waals surface area contributed by atoms with Crippen LogP contribution in [0.3, 0.4) is 0 Å². The minimum atomic E-state index is -0.352. The molecule has 1 amide bonds. The Kier molecular flexibility index (Phi) is 5.26. The summed E-state index contributed by atoms with van der Waals surface area (Å²) >= 11 is 0.457. The number of methoxy groups -OCH3 is 1. The topological polar surface area (TPSA) is 67.8 Å². The number of allylic oxidation sites excluding steroid dienone is 3. The van der Waals surface area contributed by atoms with Crippen molar-refractivity contribution in [1.82, 2.24) is 5.43 Å². The molecule has 0 bridgehead atoms. The first-order valence-electron chi connectivity index (χ1n) is 7.10. The molecule has 22 heavy (non-hydrogen) atoms. The molecule has 2 aliphatic rings. The number of hydrogen-bond donors (Lipinski definition) is 1. The standard InChI is InChI=1S/C16H20N2O3S/c1-9-5-12(16(21-4)13(6-9)22-20)7-10(2)15-11(3)8-14(19)17-18-15/h5-7,11,16H,8H2,1-4H3,(H,17,19). The van der Waals surface area contributed by atoms with E-state index >= 15 is 0 Å². The zero-order valence-electron chi connectivity index (χ0n) is 13.2. The van der Waals surface area contributed by atoms with Crippen molar-refractivity contribution in [2.75, 3.05) is 7.11 Å². The Morgan fingerprint density at radius 3 is 2.82 bits per heavy atom. The molecule has 2 unspecified atom stereocenters. The van der Waals surface area contributed by atoms with Gasteiger partial charge in [0.05, 0.1) is 21.8 Å². The molecule has 1 aliphatic heterocycles. The molecule has 1 heterocycles. The lowest BCUT2D eigenvalue weighted by molar-refractivity contribution is -0.121. The summed E-state index contributed by atoms with van der Waals surface area (Å²) in [4.78, 5) is 12.0. The Morgan fingerprint density at radius 1 is 1.50 bits per heavy atom. The molecule has 2 rings (SSSR count). The second kappa shape index (κ2) is 6.98. The van der Waals surface area contributed by atoms with Gasteiger partial charge in [0.15, 0.2) is 0 Å². The van der Waals surface area contributed by atoms with E-state index in [4.69, 9.17) is 4.74 Å². The average Bonchev–Trinajstić information content (AvgIpc) is 2.46. The molecule has 1 N–H and O–H groups in total. The van der Waals surface area contributed by atoms with Crippen LogP contribution in [0, 0.1) is 5.92 Å². The van der Waals surface area contributed by atoms with Gasteiger partial charge in [-0.25, -0.2) is 9.63 Å². The molecule has 0 saturated heterocycles. The van der Waals surface area contributed by atoms with Crippen LogP contribution in [0.2, 0.25) is 0 Å². The molecule has 0 saturated carbocycles. The van der Waals surface area contributed by atoms with Gasteiger partial charge in [-0.1, -0.05) is 19.1 Å². The van der Waals surface area contributed by atoms with E-state index < -0.39 is 0 Å². The van der Waals surface area contributed by atoms with Crippen LogP contribution in [0.15, 0.2) is 40.0 Å². The second-order valence-electron chi connectivity index (χ2n) is 5.60. The van der Waals surface area contributed by atoms with Gasteiger partial charge in [-0.3, -0.25) is 4.79 Å². The van der Waals surface area contributed by atoms with Crippen molar-refractivity contribution in [3.05, 3.63) is 34.9 Å². The van der Waals surface area contributed by atoms with Crippen LogP contribution in [0.5, 0.6) is 0 Å². The number of nitrogens with zero attached hydrogens (tertiary/aromatic N) is 1. The molecule has 6 heteroatoms. The fourth-order valence-electron chi connectivity index (χ4n) is 2.74. The largest absolute Gasteiger partial charge is 0.371 e. The lowest BCUT2D eigenvalue weighted by Crippen LogP contribution is -2.32. The van der Waals surface area contributed by atoms with Crippen molar-refractivity contribution >= 4 is 27.7 Å². The summed E-state index contributed by atoms with van der Waals surface area (Å²) in [7, 11) is 1.59. The van der Waals surface area contributed by atoms with Crippen LogP contribution in [0.1, 0.15) is 27.2 Å². The van der Waals surface area contributed by atoms with E-state index in [9.17, 15) is 9.00 Å². The van der Waals surface area contributed by atoms with Crippen LogP contribution in [-0.2, 0) is 20.8 Å². The van der Waals surface area contributed by atoms with E-state index in [0.717, 1.165) is 22.4 Å². The number of carbonyl (C=O) groups is 1. The lowest BCUT2D eigenvalue weighted by atomic mass is 9.90. The number of nitrogens with one attached hydrogen (secondary N) is 1. The van der Waals surface area contributed by atoms with Crippen LogP contribution >= 0.6 is 0 Å². The van der Waals surface area contributed by atoms with Crippen LogP contribution in [0.4, 0.5) is 0 Å². The van der Waals surface area contributed by atoms with Crippen molar-refractivity contribution < 1.29 is 13.7 Å². The predicted molar refractivity (Wildman–Crippen MR) is 88.9 cm³/mol. The molecule has 0 spiro atoms. The second-order valence-corrected chi connectivity index (χ2v) is 6.24. The first kappa shape index (κ1) is 16.6. The van der Waals surface area contributed by atoms with Gasteiger partial charge >= 0.3 is 0 Å². The summed E-state index contributed by atoms with van der Waals surface area (Å²) in [6.07, 6.45) is 5.91. The Hall–Kier alpha value is -1.79. The van der Waals surface area contributed by atoms with Crippen molar-refractivity contribution in [2.24, 2.45) is 11.0 Å². The molecular formula is C16H20N2O3S. The van der Waals surface area contributed by atoms with Crippen molar-refractivity contribution in [3.63, 3.8) is 0 Å². The molecule has 0 radical (unpaired) electrons. The lowest BCUT2D eigenvalue weighted by Gasteiger charge is -2.23. The first-order valence-corrected chi connectivity index (χ1v) is 7.84. The minimum Gasteiger partial charge on any atom is -0.371 e. The van der Waals surface area contributed by atoms with Gasteiger partial charge in [0.1, 0.15) is 6.10 Å². The quantitative estimate of drug-likeness (QED) is 0.805. The number of ether oxygens (including phenoxy) is 1. The normalized spacial score (nSPS) is 26.0. The third-order valence-corrected chi connectivity index (χ3v) is 4.23. The Balaban J connectivity index is 2.36. The zero-order chi connectivity index (χ0) is 16.3. The maximum atomic E-state index is 11.3. The predicted octanol–water partition coefficient (Wildman–Crippen LogP) is 1.73. The smallest absolute Gasteiger partial charge is 0.240 e. The molecule has 0 aromatic heterocycles. The van der Waals surface area contributed by atoms with Crippen LogP contribution in [-0.4, -0.2) is 33.9 Å². The van der Waals surface area contributed by atoms with Gasteiger partial charge in [-0.05, 0) is 36.6 Å². The number of amides is 1. The SMILES string of the molecule is COC1C(C=C(C)C2=NNC(=O)CC2C)=CC(C)=CC1=S=O. The van der Waals surface area contributed by atoms with Gasteiger partial charge in [0.25, 0.3) is 0 Å². The molecular weight excluding hydrogens is 300 g/mol. The Bertz CT molecular complexity index is 667. The summed E-state index contributed by atoms with van der Waals surface area (Å²) < 4.78 is 16.7. The molecule has 118 valence electrons. The molecule has 2 atom stereocenters. The molecule has 0 aromatic rings. The van der Waals surface area contributed by atoms with Crippen molar-refractivity contribution in [2.45, 2.75) is 33.3 Å². The van der Waals surface area contributed by atoms with E-state index in [0.29, 0.717) is 22.5 Å². The Morgan fingerprint density at radius 2 is 2.23 bits per heavy atom. The number of rotatable bonds is 3. The average molecular weight is 320 g/mol. The highest BCUT2D eigenvalue weighted by atomic mass is 32.1. The number of hydrogen-bond acceptors (Lipinski definition) is 4. The maximum Gasteiger partial charge on any atom is 0.240 e. The molecule has 0 fully saturated rings. The van der Waals surface area contributed by atoms with Crippen LogP contribution < -0.4 is 5.43 Å². The van der Waals surface area contributed by atoms with Gasteiger partial charge in [-0.2, -0.15) is 5.10 Å². The Labute approximate surface area is 133 Å². The fourth-order valence-corrected chi connectivity index (χ4v) is 3.29. The summed E-state index contributed by atoms with van der Waals surface area (Å²) in [6.45, 7) is 5.89. The van der Waals surface area contributed by atoms with E-state index in [1.54, 1.807) is 7.11 Å². The van der Waals surface area contributed by atoms with Gasteiger partial charge in [-0.15, -0.1) is 0 Å². The van der Waals surface area contributed by atoms with Crippen molar-refractivity contribution in [1.29, 1.82) is 0 Å². The van der Waals surface area contributed by atoms with Crippen molar-refractivity contribution in [3.8, 4) is 0 Å².